The molecular weight excluding hydrogens is 464 g/mol. The minimum Gasteiger partial charge on any atom is -1.00 e. The summed E-state index contributed by atoms with van der Waals surface area (Å²) in [7, 11) is 1.70. The molecule has 2 aromatic carbocycles. The zero-order chi connectivity index (χ0) is 23.5. The molecule has 1 aromatic heterocycles. The van der Waals surface area contributed by atoms with E-state index in [2.05, 4.69) is 69.5 Å². The lowest BCUT2D eigenvalue weighted by atomic mass is 10.0. The van der Waals surface area contributed by atoms with Gasteiger partial charge in [0.05, 0.1) is 25.8 Å². The maximum Gasteiger partial charge on any atom is 0.173 e. The first-order valence-electron chi connectivity index (χ1n) is 12.2. The Morgan fingerprint density at radius 3 is 2.51 bits per heavy atom. The van der Waals surface area contributed by atoms with Gasteiger partial charge in [0.15, 0.2) is 5.82 Å². The molecule has 3 aromatic rings. The van der Waals surface area contributed by atoms with Crippen molar-refractivity contribution >= 4 is 5.69 Å². The number of piperazine rings is 1. The number of tetrazole rings is 1. The average Bonchev–Trinajstić information content (AvgIpc) is 3.55. The van der Waals surface area contributed by atoms with Crippen LogP contribution in [0.2, 0.25) is 0 Å². The van der Waals surface area contributed by atoms with Crippen molar-refractivity contribution in [2.75, 3.05) is 44.8 Å². The Bertz CT molecular complexity index is 1090. The van der Waals surface area contributed by atoms with Crippen molar-refractivity contribution in [3.63, 3.8) is 0 Å². The molecule has 5 rings (SSSR count). The lowest BCUT2D eigenvalue weighted by molar-refractivity contribution is -0.00000909. The molecule has 0 saturated carbocycles. The van der Waals surface area contributed by atoms with Crippen LogP contribution in [0.1, 0.15) is 41.4 Å². The highest BCUT2D eigenvalue weighted by molar-refractivity contribution is 5.56. The number of ether oxygens (including phenoxy) is 2. The molecule has 0 radical (unpaired) electrons. The van der Waals surface area contributed by atoms with E-state index >= 15 is 0 Å². The van der Waals surface area contributed by atoms with Gasteiger partial charge in [-0.1, -0.05) is 24.3 Å². The Kier molecular flexibility index (Phi) is 8.26. The van der Waals surface area contributed by atoms with Crippen molar-refractivity contribution in [2.45, 2.75) is 45.4 Å². The van der Waals surface area contributed by atoms with Gasteiger partial charge < -0.3 is 26.8 Å². The monoisotopic (exact) mass is 497 g/mol. The van der Waals surface area contributed by atoms with E-state index in [9.17, 15) is 0 Å². The minimum atomic E-state index is -0.0249. The first kappa shape index (κ1) is 25.4. The number of rotatable bonds is 7. The summed E-state index contributed by atoms with van der Waals surface area (Å²) >= 11 is 0. The van der Waals surface area contributed by atoms with E-state index in [4.69, 9.17) is 9.47 Å². The quantitative estimate of drug-likeness (QED) is 0.468. The fraction of sp³-hybridized carbons (Fsp3) is 0.500. The fourth-order valence-corrected chi connectivity index (χ4v) is 5.13. The van der Waals surface area contributed by atoms with Crippen molar-refractivity contribution in [3.05, 3.63) is 65.0 Å². The second-order valence-electron chi connectivity index (χ2n) is 9.27. The van der Waals surface area contributed by atoms with Gasteiger partial charge in [-0.05, 0) is 72.0 Å². The summed E-state index contributed by atoms with van der Waals surface area (Å²) in [4.78, 5) is 5.00. The Labute approximate surface area is 213 Å². The molecule has 0 N–H and O–H groups in total. The molecule has 2 atom stereocenters. The number of hydrogen-bond acceptors (Lipinski definition) is 7. The van der Waals surface area contributed by atoms with Gasteiger partial charge in [0.25, 0.3) is 0 Å². The largest absolute Gasteiger partial charge is 1.00 e. The fourth-order valence-electron chi connectivity index (χ4n) is 5.13. The van der Waals surface area contributed by atoms with Crippen LogP contribution in [0.3, 0.4) is 0 Å². The average molecular weight is 498 g/mol. The molecule has 2 unspecified atom stereocenters. The molecule has 0 spiro atoms. The predicted molar refractivity (Wildman–Crippen MR) is 131 cm³/mol. The van der Waals surface area contributed by atoms with Gasteiger partial charge in [0.1, 0.15) is 5.75 Å². The van der Waals surface area contributed by atoms with Crippen LogP contribution in [0.5, 0.6) is 5.75 Å². The lowest BCUT2D eigenvalue weighted by Gasteiger charge is -2.40. The van der Waals surface area contributed by atoms with Crippen LogP contribution in [0, 0.1) is 13.8 Å². The van der Waals surface area contributed by atoms with E-state index in [-0.39, 0.29) is 24.6 Å². The number of nitrogens with zero attached hydrogens (tertiary/aromatic N) is 6. The van der Waals surface area contributed by atoms with E-state index in [1.165, 1.54) is 22.4 Å². The van der Waals surface area contributed by atoms with Gasteiger partial charge in [-0.15, -0.1) is 5.10 Å². The zero-order valence-electron chi connectivity index (χ0n) is 20.7. The SMILES string of the molecule is COc1ccc(C(c2nnnn2CC2CCCO2)N2CCN(c3cccc(C)c3C)CC2)cc1.[Cl-]. The van der Waals surface area contributed by atoms with E-state index < -0.39 is 0 Å². The van der Waals surface area contributed by atoms with Gasteiger partial charge in [0, 0.05) is 38.5 Å². The van der Waals surface area contributed by atoms with Crippen LogP contribution in [0.15, 0.2) is 42.5 Å². The van der Waals surface area contributed by atoms with Crippen molar-refractivity contribution in [2.24, 2.45) is 0 Å². The molecule has 2 aliphatic heterocycles. The van der Waals surface area contributed by atoms with Gasteiger partial charge in [0.2, 0.25) is 0 Å². The summed E-state index contributed by atoms with van der Waals surface area (Å²) < 4.78 is 13.2. The Morgan fingerprint density at radius 2 is 1.83 bits per heavy atom. The second kappa shape index (κ2) is 11.4. The molecule has 2 aliphatic rings. The van der Waals surface area contributed by atoms with E-state index in [0.717, 1.165) is 57.2 Å². The van der Waals surface area contributed by atoms with Gasteiger partial charge >= 0.3 is 0 Å². The van der Waals surface area contributed by atoms with Crippen LogP contribution in [0.25, 0.3) is 0 Å². The van der Waals surface area contributed by atoms with Crippen molar-refractivity contribution in [1.82, 2.24) is 25.1 Å². The number of hydrogen-bond donors (Lipinski definition) is 0. The third kappa shape index (κ3) is 5.44. The Morgan fingerprint density at radius 1 is 1.06 bits per heavy atom. The predicted octanol–water partition coefficient (Wildman–Crippen LogP) is 0.393. The summed E-state index contributed by atoms with van der Waals surface area (Å²) in [5, 5.41) is 12.9. The number of halogens is 1. The summed E-state index contributed by atoms with van der Waals surface area (Å²) in [5.74, 6) is 1.72. The molecule has 188 valence electrons. The smallest absolute Gasteiger partial charge is 0.173 e. The zero-order valence-corrected chi connectivity index (χ0v) is 21.5. The summed E-state index contributed by atoms with van der Waals surface area (Å²) in [6.07, 6.45) is 2.34. The van der Waals surface area contributed by atoms with Crippen molar-refractivity contribution in [1.29, 1.82) is 0 Å². The van der Waals surface area contributed by atoms with Gasteiger partial charge in [-0.25, -0.2) is 4.68 Å². The number of benzene rings is 2. The Hall–Kier alpha value is -2.68. The minimum absolute atomic E-state index is 0. The maximum atomic E-state index is 5.87. The number of anilines is 1. The highest BCUT2D eigenvalue weighted by atomic mass is 35.5. The third-order valence-corrected chi connectivity index (χ3v) is 7.23. The normalized spacial score (nSPS) is 19.4. The molecule has 3 heterocycles. The number of aryl methyl sites for hydroxylation is 1. The molecule has 8 nitrogen and oxygen atoms in total. The van der Waals surface area contributed by atoms with Crippen molar-refractivity contribution in [3.8, 4) is 5.75 Å². The van der Waals surface area contributed by atoms with Crippen LogP contribution >= 0.6 is 0 Å². The van der Waals surface area contributed by atoms with E-state index in [1.807, 2.05) is 16.8 Å². The molecule has 9 heteroatoms. The topological polar surface area (TPSA) is 68.5 Å². The standard InChI is InChI=1S/C26H34N6O2.ClH/c1-19-6-4-8-24(20(19)2)30-13-15-31(16-14-30)25(21-9-11-22(33-3)12-10-21)26-27-28-29-32(26)18-23-7-5-17-34-23;/h4,6,8-12,23,25H,5,7,13-18H2,1-3H3;1H/p-1. The third-order valence-electron chi connectivity index (χ3n) is 7.23. The number of aromatic nitrogens is 4. The summed E-state index contributed by atoms with van der Waals surface area (Å²) in [5.41, 5.74) is 5.21. The second-order valence-corrected chi connectivity index (χ2v) is 9.27. The van der Waals surface area contributed by atoms with Gasteiger partial charge in [-0.2, -0.15) is 0 Å². The van der Waals surface area contributed by atoms with Crippen LogP contribution < -0.4 is 22.0 Å². The van der Waals surface area contributed by atoms with E-state index in [1.54, 1.807) is 7.11 Å². The molecule has 35 heavy (non-hydrogen) atoms. The molecule has 2 fully saturated rings. The molecule has 0 bridgehead atoms. The van der Waals surface area contributed by atoms with Crippen molar-refractivity contribution < 1.29 is 21.9 Å². The van der Waals surface area contributed by atoms with Gasteiger partial charge in [-0.3, -0.25) is 4.90 Å². The summed E-state index contributed by atoms with van der Waals surface area (Å²) in [6.45, 7) is 9.70. The highest BCUT2D eigenvalue weighted by Gasteiger charge is 2.32. The summed E-state index contributed by atoms with van der Waals surface area (Å²) in [6, 6.07) is 14.8. The van der Waals surface area contributed by atoms with Crippen LogP contribution in [-0.2, 0) is 11.3 Å². The van der Waals surface area contributed by atoms with E-state index in [0.29, 0.717) is 6.54 Å². The Balaban J connectivity index is 0.00000289. The molecule has 0 amide bonds. The molecular formula is C26H34ClN6O2-. The first-order valence-corrected chi connectivity index (χ1v) is 12.2. The molecule has 2 saturated heterocycles. The first-order chi connectivity index (χ1) is 16.6. The molecule has 0 aliphatic carbocycles. The number of methoxy groups -OCH3 is 1. The highest BCUT2D eigenvalue weighted by Crippen LogP contribution is 2.31. The van der Waals surface area contributed by atoms with Crippen LogP contribution in [-0.4, -0.2) is 71.1 Å². The van der Waals surface area contributed by atoms with Crippen LogP contribution in [0.4, 0.5) is 5.69 Å². The maximum absolute atomic E-state index is 5.87. The lowest BCUT2D eigenvalue weighted by Crippen LogP contribution is -3.00.